The second kappa shape index (κ2) is 4.02. The van der Waals surface area contributed by atoms with Gasteiger partial charge in [0.25, 0.3) is 5.91 Å². The van der Waals surface area contributed by atoms with Crippen molar-refractivity contribution in [1.82, 2.24) is 15.5 Å². The molecule has 74 valence electrons. The number of halogens is 1. The Morgan fingerprint density at radius 1 is 1.71 bits per heavy atom. The van der Waals surface area contributed by atoms with Gasteiger partial charge in [-0.2, -0.15) is 5.10 Å². The van der Waals surface area contributed by atoms with Gasteiger partial charge in [0.05, 0.1) is 17.8 Å². The molecule has 7 heteroatoms. The Kier molecular flexibility index (Phi) is 2.74. The van der Waals surface area contributed by atoms with Crippen LogP contribution >= 0.6 is 23.4 Å². The number of hydrogen-bond acceptors (Lipinski definition) is 4. The fourth-order valence-corrected chi connectivity index (χ4v) is 1.90. The van der Waals surface area contributed by atoms with Crippen LogP contribution in [0.3, 0.4) is 0 Å². The standard InChI is InChI=1S/C7H7ClN4OS/c8-4-3-10-12-5(4)6(13)11-7-9-1-2-14-7/h3H,1-2H2,(H,10,12)(H,9,11,13). The summed E-state index contributed by atoms with van der Waals surface area (Å²) in [6.07, 6.45) is 1.39. The maximum absolute atomic E-state index is 11.5. The van der Waals surface area contributed by atoms with Crippen LogP contribution in [-0.2, 0) is 0 Å². The summed E-state index contributed by atoms with van der Waals surface area (Å²) in [5.41, 5.74) is 0.266. The second-order valence-electron chi connectivity index (χ2n) is 2.58. The molecule has 0 atom stereocenters. The number of H-pyrrole nitrogens is 1. The first-order valence-corrected chi connectivity index (χ1v) is 5.31. The molecule has 0 bridgehead atoms. The maximum Gasteiger partial charge on any atom is 0.276 e. The van der Waals surface area contributed by atoms with Crippen molar-refractivity contribution in [2.75, 3.05) is 12.3 Å². The van der Waals surface area contributed by atoms with Crippen molar-refractivity contribution in [2.45, 2.75) is 0 Å². The molecule has 1 aromatic heterocycles. The van der Waals surface area contributed by atoms with E-state index in [2.05, 4.69) is 20.5 Å². The number of thioether (sulfide) groups is 1. The molecule has 0 aliphatic carbocycles. The highest BCUT2D eigenvalue weighted by Crippen LogP contribution is 2.13. The van der Waals surface area contributed by atoms with Gasteiger partial charge in [0, 0.05) is 5.75 Å². The Morgan fingerprint density at radius 3 is 3.14 bits per heavy atom. The van der Waals surface area contributed by atoms with Crippen LogP contribution in [0, 0.1) is 0 Å². The number of amides is 1. The van der Waals surface area contributed by atoms with Crippen LogP contribution in [0.15, 0.2) is 11.2 Å². The SMILES string of the molecule is O=C(NC1=NCCS1)c1[nH]ncc1Cl. The summed E-state index contributed by atoms with van der Waals surface area (Å²) < 4.78 is 0. The summed E-state index contributed by atoms with van der Waals surface area (Å²) >= 11 is 7.23. The topological polar surface area (TPSA) is 70.1 Å². The van der Waals surface area contributed by atoms with Gasteiger partial charge in [-0.25, -0.2) is 0 Å². The van der Waals surface area contributed by atoms with Crippen LogP contribution in [0.2, 0.25) is 5.02 Å². The summed E-state index contributed by atoms with van der Waals surface area (Å²) in [6.45, 7) is 0.747. The van der Waals surface area contributed by atoms with E-state index >= 15 is 0 Å². The van der Waals surface area contributed by atoms with Crippen molar-refractivity contribution < 1.29 is 4.79 Å². The number of aromatic nitrogens is 2. The summed E-state index contributed by atoms with van der Waals surface area (Å²) in [4.78, 5) is 15.6. The number of amidine groups is 1. The third-order valence-electron chi connectivity index (χ3n) is 1.63. The van der Waals surface area contributed by atoms with Crippen molar-refractivity contribution in [3.05, 3.63) is 16.9 Å². The second-order valence-corrected chi connectivity index (χ2v) is 4.07. The molecule has 14 heavy (non-hydrogen) atoms. The minimum Gasteiger partial charge on any atom is -0.300 e. The molecular formula is C7H7ClN4OS. The number of carbonyl (C=O) groups is 1. The summed E-state index contributed by atoms with van der Waals surface area (Å²) in [6, 6.07) is 0. The van der Waals surface area contributed by atoms with E-state index in [0.29, 0.717) is 10.2 Å². The molecule has 2 rings (SSSR count). The van der Waals surface area contributed by atoms with Gasteiger partial charge in [-0.3, -0.25) is 20.2 Å². The molecular weight excluding hydrogens is 224 g/mol. The zero-order chi connectivity index (χ0) is 9.97. The lowest BCUT2D eigenvalue weighted by molar-refractivity contribution is 0.0973. The molecule has 1 aromatic rings. The largest absolute Gasteiger partial charge is 0.300 e. The highest BCUT2D eigenvalue weighted by atomic mass is 35.5. The van der Waals surface area contributed by atoms with E-state index in [0.717, 1.165) is 12.3 Å². The van der Waals surface area contributed by atoms with Gasteiger partial charge in [-0.1, -0.05) is 23.4 Å². The minimum atomic E-state index is -0.305. The Hall–Kier alpha value is -1.01. The Morgan fingerprint density at radius 2 is 2.57 bits per heavy atom. The number of carbonyl (C=O) groups excluding carboxylic acids is 1. The molecule has 0 aromatic carbocycles. The zero-order valence-corrected chi connectivity index (χ0v) is 8.65. The summed E-state index contributed by atoms with van der Waals surface area (Å²) in [5.74, 6) is 0.604. The number of nitrogens with zero attached hydrogens (tertiary/aromatic N) is 2. The van der Waals surface area contributed by atoms with E-state index in [1.54, 1.807) is 0 Å². The number of aliphatic imine (C=N–C) groups is 1. The van der Waals surface area contributed by atoms with Crippen LogP contribution in [0.25, 0.3) is 0 Å². The molecule has 5 nitrogen and oxygen atoms in total. The fraction of sp³-hybridized carbons (Fsp3) is 0.286. The molecule has 2 N–H and O–H groups in total. The first-order chi connectivity index (χ1) is 6.77. The lowest BCUT2D eigenvalue weighted by atomic mass is 10.4. The predicted octanol–water partition coefficient (Wildman–Crippen LogP) is 0.896. The number of nitrogens with one attached hydrogen (secondary N) is 2. The fourth-order valence-electron chi connectivity index (χ4n) is 1.00. The van der Waals surface area contributed by atoms with Crippen molar-refractivity contribution in [3.63, 3.8) is 0 Å². The van der Waals surface area contributed by atoms with E-state index in [-0.39, 0.29) is 11.6 Å². The molecule has 1 amide bonds. The van der Waals surface area contributed by atoms with E-state index in [1.807, 2.05) is 0 Å². The monoisotopic (exact) mass is 230 g/mol. The summed E-state index contributed by atoms with van der Waals surface area (Å²) in [7, 11) is 0. The highest BCUT2D eigenvalue weighted by Gasteiger charge is 2.16. The lowest BCUT2D eigenvalue weighted by Gasteiger charge is -2.01. The van der Waals surface area contributed by atoms with E-state index in [1.165, 1.54) is 18.0 Å². The highest BCUT2D eigenvalue weighted by molar-refractivity contribution is 8.14. The van der Waals surface area contributed by atoms with Gasteiger partial charge in [0.15, 0.2) is 5.17 Å². The average Bonchev–Trinajstić information content (AvgIpc) is 2.75. The molecule has 0 fully saturated rings. The van der Waals surface area contributed by atoms with Gasteiger partial charge in [-0.15, -0.1) is 0 Å². The van der Waals surface area contributed by atoms with Crippen molar-refractivity contribution in [1.29, 1.82) is 0 Å². The first-order valence-electron chi connectivity index (χ1n) is 3.95. The van der Waals surface area contributed by atoms with E-state index in [9.17, 15) is 4.79 Å². The maximum atomic E-state index is 11.5. The van der Waals surface area contributed by atoms with Crippen LogP contribution in [0.1, 0.15) is 10.5 Å². The first kappa shape index (κ1) is 9.54. The Balaban J connectivity index is 2.06. The van der Waals surface area contributed by atoms with Crippen molar-refractivity contribution >= 4 is 34.4 Å². The van der Waals surface area contributed by atoms with Gasteiger partial charge in [-0.05, 0) is 0 Å². The lowest BCUT2D eigenvalue weighted by Crippen LogP contribution is -2.27. The number of rotatable bonds is 1. The van der Waals surface area contributed by atoms with Crippen LogP contribution in [-0.4, -0.2) is 33.6 Å². The summed E-state index contributed by atoms with van der Waals surface area (Å²) in [5, 5.41) is 9.76. The van der Waals surface area contributed by atoms with Crippen molar-refractivity contribution in [3.8, 4) is 0 Å². The van der Waals surface area contributed by atoms with Gasteiger partial charge in [0.1, 0.15) is 5.69 Å². The van der Waals surface area contributed by atoms with Crippen LogP contribution < -0.4 is 5.32 Å². The van der Waals surface area contributed by atoms with E-state index in [4.69, 9.17) is 11.6 Å². The van der Waals surface area contributed by atoms with E-state index < -0.39 is 0 Å². The normalized spacial score (nSPS) is 15.4. The van der Waals surface area contributed by atoms with Crippen molar-refractivity contribution in [2.24, 2.45) is 4.99 Å². The smallest absolute Gasteiger partial charge is 0.276 e. The molecule has 0 saturated carbocycles. The third kappa shape index (κ3) is 1.91. The van der Waals surface area contributed by atoms with Crippen LogP contribution in [0.5, 0.6) is 0 Å². The Bertz CT molecular complexity index is 389. The van der Waals surface area contributed by atoms with Gasteiger partial charge in [0.2, 0.25) is 0 Å². The molecule has 1 aliphatic heterocycles. The average molecular weight is 231 g/mol. The number of aromatic amines is 1. The molecule has 0 unspecified atom stereocenters. The zero-order valence-electron chi connectivity index (χ0n) is 7.08. The van der Waals surface area contributed by atoms with Crippen LogP contribution in [0.4, 0.5) is 0 Å². The molecule has 0 radical (unpaired) electrons. The predicted molar refractivity (Wildman–Crippen MR) is 55.8 cm³/mol. The molecule has 2 heterocycles. The van der Waals surface area contributed by atoms with Gasteiger partial charge >= 0.3 is 0 Å². The molecule has 1 aliphatic rings. The Labute approximate surface area is 89.3 Å². The minimum absolute atomic E-state index is 0.266. The molecule has 0 spiro atoms. The quantitative estimate of drug-likeness (QED) is 0.753. The molecule has 0 saturated heterocycles. The number of hydrogen-bond donors (Lipinski definition) is 2. The third-order valence-corrected chi connectivity index (χ3v) is 2.80. The van der Waals surface area contributed by atoms with Gasteiger partial charge < -0.3 is 0 Å².